The third-order valence-corrected chi connectivity index (χ3v) is 4.72. The van der Waals surface area contributed by atoms with Gasteiger partial charge in [-0.15, -0.1) is 0 Å². The number of carbonyl (C=O) groups excluding carboxylic acids is 1. The van der Waals surface area contributed by atoms with Crippen LogP contribution in [0.25, 0.3) is 0 Å². The number of carboxylic acids is 1. The molecule has 0 aliphatic heterocycles. The number of benzene rings is 2. The number of aliphatic carboxylic acids is 1. The van der Waals surface area contributed by atoms with E-state index in [9.17, 15) is 9.59 Å². The molecular formula is C23H26N6O5. The number of rotatable bonds is 10. The predicted octanol–water partition coefficient (Wildman–Crippen LogP) is 2.99. The van der Waals surface area contributed by atoms with Gasteiger partial charge in [0.15, 0.2) is 5.82 Å². The summed E-state index contributed by atoms with van der Waals surface area (Å²) in [5.74, 6) is -0.213. The lowest BCUT2D eigenvalue weighted by Gasteiger charge is -2.19. The normalized spacial score (nSPS) is 11.4. The van der Waals surface area contributed by atoms with E-state index in [0.717, 1.165) is 11.1 Å². The van der Waals surface area contributed by atoms with Crippen LogP contribution < -0.4 is 25.4 Å². The number of urea groups is 1. The average molecular weight is 466 g/mol. The quantitative estimate of drug-likeness (QED) is 0.354. The Labute approximate surface area is 196 Å². The molecule has 0 aliphatic carbocycles. The zero-order chi connectivity index (χ0) is 24.5. The van der Waals surface area contributed by atoms with Crippen molar-refractivity contribution in [2.75, 3.05) is 31.4 Å². The van der Waals surface area contributed by atoms with Gasteiger partial charge in [-0.2, -0.15) is 15.0 Å². The van der Waals surface area contributed by atoms with Gasteiger partial charge in [0.2, 0.25) is 5.95 Å². The van der Waals surface area contributed by atoms with Gasteiger partial charge in [0, 0.05) is 6.54 Å². The van der Waals surface area contributed by atoms with Gasteiger partial charge in [-0.3, -0.25) is 10.1 Å². The molecule has 0 radical (unpaired) electrons. The van der Waals surface area contributed by atoms with Gasteiger partial charge in [-0.25, -0.2) is 4.79 Å². The zero-order valence-electron chi connectivity index (χ0n) is 19.0. The summed E-state index contributed by atoms with van der Waals surface area (Å²) in [6.45, 7) is 2.12. The zero-order valence-corrected chi connectivity index (χ0v) is 19.0. The SMILES string of the molecule is COc1nc(NC(=O)Nc2ccccc2OC)nc(C(NCCC(=O)O)c2cccc(C)c2)n1. The van der Waals surface area contributed by atoms with Gasteiger partial charge in [0.1, 0.15) is 5.75 Å². The van der Waals surface area contributed by atoms with Gasteiger partial charge in [-0.05, 0) is 24.6 Å². The number of nitrogens with zero attached hydrogens (tertiary/aromatic N) is 3. The molecule has 4 N–H and O–H groups in total. The van der Waals surface area contributed by atoms with Gasteiger partial charge in [0.05, 0.1) is 32.4 Å². The number of hydrogen-bond acceptors (Lipinski definition) is 8. The van der Waals surface area contributed by atoms with Gasteiger partial charge in [0.25, 0.3) is 0 Å². The van der Waals surface area contributed by atoms with E-state index in [0.29, 0.717) is 11.4 Å². The summed E-state index contributed by atoms with van der Waals surface area (Å²) >= 11 is 0. The lowest BCUT2D eigenvalue weighted by molar-refractivity contribution is -0.136. The maximum Gasteiger partial charge on any atom is 0.326 e. The number of ether oxygens (including phenoxy) is 2. The smallest absolute Gasteiger partial charge is 0.326 e. The van der Waals surface area contributed by atoms with Crippen molar-refractivity contribution in [2.45, 2.75) is 19.4 Å². The Bertz CT molecular complexity index is 1160. The number of carboxylic acid groups (broad SMARTS) is 1. The molecule has 178 valence electrons. The molecule has 0 aliphatic rings. The molecule has 2 aromatic carbocycles. The van der Waals surface area contributed by atoms with E-state index in [1.165, 1.54) is 14.2 Å². The van der Waals surface area contributed by atoms with E-state index in [4.69, 9.17) is 14.6 Å². The standard InChI is InChI=1S/C23H26N6O5/c1-14-7-6-8-15(13-14)19(24-12-11-18(30)31)20-26-21(29-23(27-20)34-3)28-22(32)25-16-9-4-5-10-17(16)33-2/h4-10,13,19,24H,11-12H2,1-3H3,(H,30,31)(H2,25,26,27,28,29,32). The van der Waals surface area contributed by atoms with Crippen molar-refractivity contribution in [3.05, 3.63) is 65.5 Å². The summed E-state index contributed by atoms with van der Waals surface area (Å²) in [6, 6.07) is 13.5. The van der Waals surface area contributed by atoms with Gasteiger partial charge in [-0.1, -0.05) is 42.0 Å². The Balaban J connectivity index is 1.88. The Morgan fingerprint density at radius 1 is 1.00 bits per heavy atom. The van der Waals surface area contributed by atoms with E-state index < -0.39 is 18.0 Å². The van der Waals surface area contributed by atoms with E-state index in [-0.39, 0.29) is 30.7 Å². The van der Waals surface area contributed by atoms with Crippen LogP contribution in [0.5, 0.6) is 11.8 Å². The molecule has 0 saturated carbocycles. The lowest BCUT2D eigenvalue weighted by atomic mass is 10.0. The monoisotopic (exact) mass is 466 g/mol. The van der Waals surface area contributed by atoms with Crippen molar-refractivity contribution in [3.8, 4) is 11.8 Å². The van der Waals surface area contributed by atoms with Crippen LogP contribution in [0.2, 0.25) is 0 Å². The van der Waals surface area contributed by atoms with Crippen molar-refractivity contribution in [3.63, 3.8) is 0 Å². The summed E-state index contributed by atoms with van der Waals surface area (Å²) < 4.78 is 10.5. The van der Waals surface area contributed by atoms with Crippen LogP contribution in [0.1, 0.15) is 29.4 Å². The van der Waals surface area contributed by atoms with Crippen LogP contribution in [0, 0.1) is 6.92 Å². The fraction of sp³-hybridized carbons (Fsp3) is 0.261. The molecule has 3 aromatic rings. The van der Waals surface area contributed by atoms with E-state index in [1.54, 1.807) is 24.3 Å². The molecule has 0 fully saturated rings. The number of aryl methyl sites for hydroxylation is 1. The van der Waals surface area contributed by atoms with Crippen LogP contribution in [-0.2, 0) is 4.79 Å². The summed E-state index contributed by atoms with van der Waals surface area (Å²) in [4.78, 5) is 36.4. The summed E-state index contributed by atoms with van der Waals surface area (Å²) in [7, 11) is 2.90. The van der Waals surface area contributed by atoms with Crippen molar-refractivity contribution in [2.24, 2.45) is 0 Å². The summed E-state index contributed by atoms with van der Waals surface area (Å²) in [5, 5.41) is 17.5. The Kier molecular flexibility index (Phi) is 8.30. The second-order valence-electron chi connectivity index (χ2n) is 7.23. The van der Waals surface area contributed by atoms with Crippen LogP contribution in [0.3, 0.4) is 0 Å². The minimum atomic E-state index is -0.931. The maximum atomic E-state index is 12.6. The first-order valence-electron chi connectivity index (χ1n) is 10.4. The highest BCUT2D eigenvalue weighted by Crippen LogP contribution is 2.24. The maximum absolute atomic E-state index is 12.6. The summed E-state index contributed by atoms with van der Waals surface area (Å²) in [5.41, 5.74) is 2.30. The lowest BCUT2D eigenvalue weighted by Crippen LogP contribution is -2.28. The largest absolute Gasteiger partial charge is 0.495 e. The van der Waals surface area contributed by atoms with Crippen molar-refractivity contribution in [1.82, 2.24) is 20.3 Å². The third kappa shape index (κ3) is 6.62. The Hall–Kier alpha value is -4.25. The minimum Gasteiger partial charge on any atom is -0.495 e. The molecule has 3 rings (SSSR count). The molecular weight excluding hydrogens is 440 g/mol. The van der Waals surface area contributed by atoms with Gasteiger partial charge >= 0.3 is 18.0 Å². The second kappa shape index (κ2) is 11.6. The fourth-order valence-electron chi connectivity index (χ4n) is 3.18. The molecule has 11 heteroatoms. The molecule has 0 saturated heterocycles. The van der Waals surface area contributed by atoms with Crippen molar-refractivity contribution in [1.29, 1.82) is 0 Å². The van der Waals surface area contributed by atoms with Crippen LogP contribution >= 0.6 is 0 Å². The molecule has 0 bridgehead atoms. The minimum absolute atomic E-state index is 0.00437. The number of hydrogen-bond donors (Lipinski definition) is 4. The Morgan fingerprint density at radius 2 is 1.79 bits per heavy atom. The molecule has 1 aromatic heterocycles. The van der Waals surface area contributed by atoms with E-state index >= 15 is 0 Å². The molecule has 2 amide bonds. The molecule has 34 heavy (non-hydrogen) atoms. The highest BCUT2D eigenvalue weighted by molar-refractivity contribution is 5.99. The Morgan fingerprint density at radius 3 is 2.50 bits per heavy atom. The van der Waals surface area contributed by atoms with E-state index in [1.807, 2.05) is 31.2 Å². The predicted molar refractivity (Wildman–Crippen MR) is 125 cm³/mol. The van der Waals surface area contributed by atoms with Crippen LogP contribution in [0.4, 0.5) is 16.4 Å². The first-order valence-corrected chi connectivity index (χ1v) is 10.4. The number of carbonyl (C=O) groups is 2. The highest BCUT2D eigenvalue weighted by atomic mass is 16.5. The molecule has 1 heterocycles. The number of amides is 2. The number of methoxy groups -OCH3 is 2. The number of nitrogens with one attached hydrogen (secondary N) is 3. The highest BCUT2D eigenvalue weighted by Gasteiger charge is 2.21. The molecule has 1 atom stereocenters. The molecule has 0 spiro atoms. The number of aromatic nitrogens is 3. The average Bonchev–Trinajstić information content (AvgIpc) is 2.81. The van der Waals surface area contributed by atoms with Crippen molar-refractivity contribution >= 4 is 23.6 Å². The molecule has 1 unspecified atom stereocenters. The van der Waals surface area contributed by atoms with Gasteiger partial charge < -0.3 is 25.2 Å². The van der Waals surface area contributed by atoms with Crippen LogP contribution in [-0.4, -0.2) is 52.8 Å². The topological polar surface area (TPSA) is 148 Å². The number of para-hydroxylation sites is 2. The number of anilines is 2. The third-order valence-electron chi connectivity index (χ3n) is 4.72. The van der Waals surface area contributed by atoms with E-state index in [2.05, 4.69) is 30.9 Å². The second-order valence-corrected chi connectivity index (χ2v) is 7.23. The van der Waals surface area contributed by atoms with Crippen molar-refractivity contribution < 1.29 is 24.2 Å². The molecule has 11 nitrogen and oxygen atoms in total. The first-order chi connectivity index (χ1) is 16.4. The van der Waals surface area contributed by atoms with Crippen LogP contribution in [0.15, 0.2) is 48.5 Å². The summed E-state index contributed by atoms with van der Waals surface area (Å²) in [6.07, 6.45) is -0.0864. The first kappa shape index (κ1) is 24.4. The fourth-order valence-corrected chi connectivity index (χ4v) is 3.18.